The lowest BCUT2D eigenvalue weighted by atomic mass is 10.0. The van der Waals surface area contributed by atoms with Gasteiger partial charge < -0.3 is 15.2 Å². The zero-order valence-electron chi connectivity index (χ0n) is 13.3. The lowest BCUT2D eigenvalue weighted by Crippen LogP contribution is -2.44. The predicted molar refractivity (Wildman–Crippen MR) is 79.7 cm³/mol. The number of nitrogens with two attached hydrogens (primary N) is 1. The van der Waals surface area contributed by atoms with E-state index in [1.54, 1.807) is 14.2 Å². The van der Waals surface area contributed by atoms with Crippen molar-refractivity contribution in [3.63, 3.8) is 0 Å². The van der Waals surface area contributed by atoms with Gasteiger partial charge in [0, 0.05) is 51.7 Å². The first-order valence-corrected chi connectivity index (χ1v) is 6.98. The van der Waals surface area contributed by atoms with Gasteiger partial charge in [-0.15, -0.1) is 0 Å². The highest BCUT2D eigenvalue weighted by molar-refractivity contribution is 5.21. The van der Waals surface area contributed by atoms with Gasteiger partial charge in [0.25, 0.3) is 0 Å². The standard InChI is InChI=1S/C14H28N4O2/c1-11(10-20-5)18(6-7-19-4)14(8-15)13-9-16-17(3)12(13)2/h9,11,14H,6-8,10,15H2,1-5H3. The Bertz CT molecular complexity index is 395. The van der Waals surface area contributed by atoms with Crippen LogP contribution in [-0.4, -0.2) is 61.2 Å². The van der Waals surface area contributed by atoms with Crippen LogP contribution in [0.3, 0.4) is 0 Å². The molecular formula is C14H28N4O2. The summed E-state index contributed by atoms with van der Waals surface area (Å²) in [6, 6.07) is 0.396. The van der Waals surface area contributed by atoms with Crippen LogP contribution in [0, 0.1) is 6.92 Å². The zero-order chi connectivity index (χ0) is 15.1. The fraction of sp³-hybridized carbons (Fsp3) is 0.786. The van der Waals surface area contributed by atoms with E-state index >= 15 is 0 Å². The molecule has 6 heteroatoms. The molecule has 2 unspecified atom stereocenters. The monoisotopic (exact) mass is 284 g/mol. The minimum Gasteiger partial charge on any atom is -0.383 e. The summed E-state index contributed by atoms with van der Waals surface area (Å²) in [5.41, 5.74) is 8.35. The molecule has 0 bridgehead atoms. The normalized spacial score (nSPS) is 14.8. The van der Waals surface area contributed by atoms with Gasteiger partial charge in [-0.1, -0.05) is 0 Å². The van der Waals surface area contributed by atoms with Crippen LogP contribution < -0.4 is 5.73 Å². The fourth-order valence-electron chi connectivity index (χ4n) is 2.50. The summed E-state index contributed by atoms with van der Waals surface area (Å²) in [6.07, 6.45) is 1.91. The topological polar surface area (TPSA) is 65.5 Å². The summed E-state index contributed by atoms with van der Waals surface area (Å²) < 4.78 is 12.4. The van der Waals surface area contributed by atoms with Crippen molar-refractivity contribution in [1.82, 2.24) is 14.7 Å². The molecule has 2 atom stereocenters. The Morgan fingerprint density at radius 2 is 2.10 bits per heavy atom. The molecule has 0 aliphatic rings. The number of rotatable bonds is 9. The Balaban J connectivity index is 2.97. The molecule has 0 radical (unpaired) electrons. The molecule has 1 heterocycles. The van der Waals surface area contributed by atoms with E-state index < -0.39 is 0 Å². The summed E-state index contributed by atoms with van der Waals surface area (Å²) in [5.74, 6) is 0. The maximum Gasteiger partial charge on any atom is 0.0615 e. The molecule has 20 heavy (non-hydrogen) atoms. The van der Waals surface area contributed by atoms with Crippen LogP contribution in [-0.2, 0) is 16.5 Å². The second-order valence-electron chi connectivity index (χ2n) is 5.10. The average molecular weight is 284 g/mol. The van der Waals surface area contributed by atoms with E-state index in [0.717, 1.165) is 12.2 Å². The molecule has 0 spiro atoms. The third-order valence-corrected chi connectivity index (χ3v) is 3.78. The molecule has 0 saturated carbocycles. The van der Waals surface area contributed by atoms with Crippen LogP contribution in [0.15, 0.2) is 6.20 Å². The largest absolute Gasteiger partial charge is 0.383 e. The van der Waals surface area contributed by atoms with Crippen molar-refractivity contribution >= 4 is 0 Å². The lowest BCUT2D eigenvalue weighted by Gasteiger charge is -2.35. The highest BCUT2D eigenvalue weighted by Gasteiger charge is 2.26. The van der Waals surface area contributed by atoms with Gasteiger partial charge in [-0.2, -0.15) is 5.10 Å². The quantitative estimate of drug-likeness (QED) is 0.723. The molecule has 0 aromatic carbocycles. The molecule has 6 nitrogen and oxygen atoms in total. The first kappa shape index (κ1) is 17.1. The maximum atomic E-state index is 6.03. The van der Waals surface area contributed by atoms with Crippen molar-refractivity contribution in [2.24, 2.45) is 12.8 Å². The second kappa shape index (κ2) is 8.36. The molecule has 0 saturated heterocycles. The molecule has 1 aromatic heterocycles. The summed E-state index contributed by atoms with van der Waals surface area (Å²) >= 11 is 0. The van der Waals surface area contributed by atoms with Crippen LogP contribution in [0.25, 0.3) is 0 Å². The number of hydrogen-bond acceptors (Lipinski definition) is 5. The SMILES string of the molecule is COCCN(C(C)COC)C(CN)c1cnn(C)c1C. The minimum absolute atomic E-state index is 0.129. The molecular weight excluding hydrogens is 256 g/mol. The lowest BCUT2D eigenvalue weighted by molar-refractivity contribution is 0.0485. The molecule has 0 fully saturated rings. The average Bonchev–Trinajstić information content (AvgIpc) is 2.75. The highest BCUT2D eigenvalue weighted by Crippen LogP contribution is 2.24. The number of aromatic nitrogens is 2. The van der Waals surface area contributed by atoms with E-state index in [4.69, 9.17) is 15.2 Å². The minimum atomic E-state index is 0.129. The van der Waals surface area contributed by atoms with E-state index in [1.165, 1.54) is 5.56 Å². The van der Waals surface area contributed by atoms with E-state index in [1.807, 2.05) is 17.9 Å². The van der Waals surface area contributed by atoms with E-state index in [0.29, 0.717) is 19.8 Å². The first-order valence-electron chi connectivity index (χ1n) is 6.98. The van der Waals surface area contributed by atoms with Crippen molar-refractivity contribution < 1.29 is 9.47 Å². The van der Waals surface area contributed by atoms with Gasteiger partial charge in [0.2, 0.25) is 0 Å². The van der Waals surface area contributed by atoms with Crippen LogP contribution in [0.5, 0.6) is 0 Å². The Kier molecular flexibility index (Phi) is 7.15. The molecule has 0 aliphatic carbocycles. The van der Waals surface area contributed by atoms with Gasteiger partial charge in [0.15, 0.2) is 0 Å². The van der Waals surface area contributed by atoms with Gasteiger partial charge in [-0.25, -0.2) is 0 Å². The van der Waals surface area contributed by atoms with Gasteiger partial charge in [-0.05, 0) is 13.8 Å². The molecule has 0 aliphatic heterocycles. The molecule has 0 amide bonds. The number of nitrogens with zero attached hydrogens (tertiary/aromatic N) is 3. The van der Waals surface area contributed by atoms with Crippen molar-refractivity contribution in [1.29, 1.82) is 0 Å². The molecule has 1 aromatic rings. The number of aryl methyl sites for hydroxylation is 1. The first-order chi connectivity index (χ1) is 9.56. The summed E-state index contributed by atoms with van der Waals surface area (Å²) in [6.45, 7) is 6.92. The van der Waals surface area contributed by atoms with Gasteiger partial charge in [-0.3, -0.25) is 9.58 Å². The number of ether oxygens (including phenoxy) is 2. The van der Waals surface area contributed by atoms with E-state index in [2.05, 4.69) is 23.8 Å². The smallest absolute Gasteiger partial charge is 0.0615 e. The predicted octanol–water partition coefficient (Wildman–Crippen LogP) is 0.712. The van der Waals surface area contributed by atoms with Gasteiger partial charge in [0.1, 0.15) is 0 Å². The van der Waals surface area contributed by atoms with Crippen molar-refractivity contribution in [3.05, 3.63) is 17.5 Å². The Morgan fingerprint density at radius 3 is 2.55 bits per heavy atom. The number of methoxy groups -OCH3 is 2. The second-order valence-corrected chi connectivity index (χ2v) is 5.10. The maximum absolute atomic E-state index is 6.03. The van der Waals surface area contributed by atoms with Crippen LogP contribution >= 0.6 is 0 Å². The third-order valence-electron chi connectivity index (χ3n) is 3.78. The Hall–Kier alpha value is -0.950. The highest BCUT2D eigenvalue weighted by atomic mass is 16.5. The zero-order valence-corrected chi connectivity index (χ0v) is 13.3. The summed E-state index contributed by atoms with van der Waals surface area (Å²) in [5, 5.41) is 4.32. The molecule has 2 N–H and O–H groups in total. The van der Waals surface area contributed by atoms with Crippen molar-refractivity contribution in [3.8, 4) is 0 Å². The van der Waals surface area contributed by atoms with Gasteiger partial charge in [0.05, 0.1) is 25.5 Å². The molecule has 116 valence electrons. The van der Waals surface area contributed by atoms with Gasteiger partial charge >= 0.3 is 0 Å². The van der Waals surface area contributed by atoms with Crippen LogP contribution in [0.4, 0.5) is 0 Å². The van der Waals surface area contributed by atoms with E-state index in [-0.39, 0.29) is 12.1 Å². The fourth-order valence-corrected chi connectivity index (χ4v) is 2.50. The van der Waals surface area contributed by atoms with E-state index in [9.17, 15) is 0 Å². The molecule has 1 rings (SSSR count). The summed E-state index contributed by atoms with van der Waals surface area (Å²) in [7, 11) is 5.38. The Morgan fingerprint density at radius 1 is 1.40 bits per heavy atom. The van der Waals surface area contributed by atoms with Crippen molar-refractivity contribution in [2.45, 2.75) is 25.9 Å². The number of hydrogen-bond donors (Lipinski definition) is 1. The summed E-state index contributed by atoms with van der Waals surface area (Å²) in [4.78, 5) is 2.33. The third kappa shape index (κ3) is 4.02. The van der Waals surface area contributed by atoms with Crippen LogP contribution in [0.2, 0.25) is 0 Å². The Labute approximate surface area is 121 Å². The van der Waals surface area contributed by atoms with Crippen molar-refractivity contribution in [2.75, 3.05) is 40.5 Å². The van der Waals surface area contributed by atoms with Crippen LogP contribution in [0.1, 0.15) is 24.2 Å².